The lowest BCUT2D eigenvalue weighted by Gasteiger charge is -2.12. The third kappa shape index (κ3) is 3.64. The maximum absolute atomic E-state index is 9.05. The van der Waals surface area contributed by atoms with Gasteiger partial charge in [-0.05, 0) is 55.8 Å². The van der Waals surface area contributed by atoms with Gasteiger partial charge < -0.3 is 10.1 Å². The molecule has 1 aromatic heterocycles. The number of methoxy groups -OCH3 is 1. The number of aryl methyl sites for hydroxylation is 2. The van der Waals surface area contributed by atoms with Crippen LogP contribution < -0.4 is 10.1 Å². The molecule has 126 valence electrons. The van der Waals surface area contributed by atoms with Gasteiger partial charge in [-0.15, -0.1) is 0 Å². The van der Waals surface area contributed by atoms with Crippen LogP contribution in [0.4, 0.5) is 5.69 Å². The normalized spacial score (nSPS) is 10.3. The Balaban J connectivity index is 1.74. The summed E-state index contributed by atoms with van der Waals surface area (Å²) in [5.74, 6) is 0.721. The fourth-order valence-corrected chi connectivity index (χ4v) is 2.76. The first kappa shape index (κ1) is 16.6. The van der Waals surface area contributed by atoms with Crippen LogP contribution in [0.2, 0.25) is 0 Å². The summed E-state index contributed by atoms with van der Waals surface area (Å²) in [5, 5.41) is 16.9. The van der Waals surface area contributed by atoms with Crippen LogP contribution >= 0.6 is 0 Å². The van der Waals surface area contributed by atoms with E-state index in [1.165, 1.54) is 0 Å². The number of hydrogen-bond donors (Lipinski definition) is 1. The third-order valence-electron chi connectivity index (χ3n) is 4.00. The van der Waals surface area contributed by atoms with Crippen molar-refractivity contribution in [3.05, 3.63) is 71.0 Å². The molecule has 0 atom stereocenters. The van der Waals surface area contributed by atoms with E-state index in [0.29, 0.717) is 12.1 Å². The van der Waals surface area contributed by atoms with Crippen LogP contribution in [0.1, 0.15) is 22.5 Å². The van der Waals surface area contributed by atoms with Gasteiger partial charge in [0.15, 0.2) is 0 Å². The highest BCUT2D eigenvalue weighted by atomic mass is 16.5. The van der Waals surface area contributed by atoms with E-state index in [2.05, 4.69) is 46.8 Å². The minimum absolute atomic E-state index is 0.600. The van der Waals surface area contributed by atoms with E-state index in [-0.39, 0.29) is 0 Å². The molecule has 2 aromatic carbocycles. The molecule has 25 heavy (non-hydrogen) atoms. The second-order valence-corrected chi connectivity index (χ2v) is 5.89. The molecule has 0 aliphatic heterocycles. The van der Waals surface area contributed by atoms with E-state index < -0.39 is 0 Å². The van der Waals surface area contributed by atoms with Gasteiger partial charge in [0.2, 0.25) is 0 Å². The molecule has 3 aromatic rings. The number of benzene rings is 2. The molecule has 0 bridgehead atoms. The number of rotatable bonds is 5. The highest BCUT2D eigenvalue weighted by molar-refractivity contribution is 5.60. The molecule has 3 rings (SSSR count). The molecule has 0 spiro atoms. The van der Waals surface area contributed by atoms with Crippen LogP contribution in [0.5, 0.6) is 5.75 Å². The summed E-state index contributed by atoms with van der Waals surface area (Å²) < 4.78 is 7.28. The standard InChI is InChI=1S/C20H20N4O/c1-14-10-15(2)24(23-14)18-7-4-16(5-8-18)13-22-19-11-17(12-21)6-9-20(19)25-3/h4-11,22H,13H2,1-3H3. The van der Waals surface area contributed by atoms with Gasteiger partial charge >= 0.3 is 0 Å². The number of anilines is 1. The molecule has 0 saturated heterocycles. The van der Waals surface area contributed by atoms with Crippen molar-refractivity contribution in [1.82, 2.24) is 9.78 Å². The average molecular weight is 332 g/mol. The monoisotopic (exact) mass is 332 g/mol. The highest BCUT2D eigenvalue weighted by Gasteiger charge is 2.06. The minimum atomic E-state index is 0.600. The fourth-order valence-electron chi connectivity index (χ4n) is 2.76. The zero-order valence-electron chi connectivity index (χ0n) is 14.6. The summed E-state index contributed by atoms with van der Waals surface area (Å²) in [5.41, 5.74) is 5.70. The zero-order valence-corrected chi connectivity index (χ0v) is 14.6. The summed E-state index contributed by atoms with van der Waals surface area (Å²) in [6.45, 7) is 4.68. The van der Waals surface area contributed by atoms with Gasteiger partial charge in [0.05, 0.1) is 35.8 Å². The van der Waals surface area contributed by atoms with E-state index in [1.807, 2.05) is 18.5 Å². The second kappa shape index (κ2) is 7.10. The number of nitrogens with zero attached hydrogens (tertiary/aromatic N) is 3. The Morgan fingerprint density at radius 3 is 2.48 bits per heavy atom. The lowest BCUT2D eigenvalue weighted by molar-refractivity contribution is 0.416. The lowest BCUT2D eigenvalue weighted by atomic mass is 10.1. The first-order valence-corrected chi connectivity index (χ1v) is 8.05. The van der Waals surface area contributed by atoms with Gasteiger partial charge in [0, 0.05) is 12.2 Å². The Morgan fingerprint density at radius 1 is 1.12 bits per heavy atom. The molecule has 5 heteroatoms. The Bertz CT molecular complexity index is 920. The highest BCUT2D eigenvalue weighted by Crippen LogP contribution is 2.26. The quantitative estimate of drug-likeness (QED) is 0.767. The Morgan fingerprint density at radius 2 is 1.88 bits per heavy atom. The first-order chi connectivity index (χ1) is 12.1. The van der Waals surface area contributed by atoms with Crippen LogP contribution in [0, 0.1) is 25.2 Å². The lowest BCUT2D eigenvalue weighted by Crippen LogP contribution is -2.03. The molecule has 0 radical (unpaired) electrons. The molecule has 0 unspecified atom stereocenters. The van der Waals surface area contributed by atoms with E-state index in [9.17, 15) is 0 Å². The Hall–Kier alpha value is -3.26. The number of aromatic nitrogens is 2. The molecule has 0 aliphatic rings. The maximum atomic E-state index is 9.05. The van der Waals surface area contributed by atoms with Crippen molar-refractivity contribution < 1.29 is 4.74 Å². The van der Waals surface area contributed by atoms with Crippen LogP contribution in [0.15, 0.2) is 48.5 Å². The van der Waals surface area contributed by atoms with Crippen molar-refractivity contribution in [1.29, 1.82) is 5.26 Å². The molecule has 0 fully saturated rings. The van der Waals surface area contributed by atoms with E-state index >= 15 is 0 Å². The number of hydrogen-bond acceptors (Lipinski definition) is 4. The topological polar surface area (TPSA) is 62.9 Å². The maximum Gasteiger partial charge on any atom is 0.142 e. The van der Waals surface area contributed by atoms with Gasteiger partial charge in [0.1, 0.15) is 5.75 Å². The average Bonchev–Trinajstić information content (AvgIpc) is 2.98. The van der Waals surface area contributed by atoms with Gasteiger partial charge in [-0.3, -0.25) is 0 Å². The summed E-state index contributed by atoms with van der Waals surface area (Å²) in [4.78, 5) is 0. The predicted molar refractivity (Wildman–Crippen MR) is 98.1 cm³/mol. The van der Waals surface area contributed by atoms with Crippen LogP contribution in [-0.2, 0) is 6.54 Å². The van der Waals surface area contributed by atoms with E-state index in [0.717, 1.165) is 34.1 Å². The van der Waals surface area contributed by atoms with Crippen LogP contribution in [0.25, 0.3) is 5.69 Å². The summed E-state index contributed by atoms with van der Waals surface area (Å²) >= 11 is 0. The number of nitrogens with one attached hydrogen (secondary N) is 1. The van der Waals surface area contributed by atoms with E-state index in [4.69, 9.17) is 10.00 Å². The molecule has 1 heterocycles. The molecular weight excluding hydrogens is 312 g/mol. The van der Waals surface area contributed by atoms with E-state index in [1.54, 1.807) is 25.3 Å². The van der Waals surface area contributed by atoms with Gasteiger partial charge in [-0.25, -0.2) is 4.68 Å². The van der Waals surface area contributed by atoms with Crippen molar-refractivity contribution in [2.24, 2.45) is 0 Å². The van der Waals surface area contributed by atoms with Crippen LogP contribution in [0.3, 0.4) is 0 Å². The molecule has 0 aliphatic carbocycles. The van der Waals surface area contributed by atoms with Crippen molar-refractivity contribution in [3.8, 4) is 17.5 Å². The van der Waals surface area contributed by atoms with Crippen molar-refractivity contribution in [2.45, 2.75) is 20.4 Å². The number of ether oxygens (including phenoxy) is 1. The SMILES string of the molecule is COc1ccc(C#N)cc1NCc1ccc(-n2nc(C)cc2C)cc1. The molecule has 0 amide bonds. The predicted octanol–water partition coefficient (Wildman–Crippen LogP) is 3.98. The Kier molecular flexibility index (Phi) is 4.71. The van der Waals surface area contributed by atoms with Crippen molar-refractivity contribution >= 4 is 5.69 Å². The smallest absolute Gasteiger partial charge is 0.142 e. The van der Waals surface area contributed by atoms with Crippen molar-refractivity contribution in [2.75, 3.05) is 12.4 Å². The summed E-state index contributed by atoms with van der Waals surface area (Å²) in [6.07, 6.45) is 0. The van der Waals surface area contributed by atoms with Gasteiger partial charge in [-0.2, -0.15) is 10.4 Å². The second-order valence-electron chi connectivity index (χ2n) is 5.89. The molecule has 5 nitrogen and oxygen atoms in total. The first-order valence-electron chi connectivity index (χ1n) is 8.05. The summed E-state index contributed by atoms with van der Waals surface area (Å²) in [6, 6.07) is 17.8. The third-order valence-corrected chi connectivity index (χ3v) is 4.00. The van der Waals surface area contributed by atoms with Gasteiger partial charge in [-0.1, -0.05) is 12.1 Å². The Labute approximate surface area is 147 Å². The fraction of sp³-hybridized carbons (Fsp3) is 0.200. The van der Waals surface area contributed by atoms with Crippen LogP contribution in [-0.4, -0.2) is 16.9 Å². The summed E-state index contributed by atoms with van der Waals surface area (Å²) in [7, 11) is 1.62. The molecule has 0 saturated carbocycles. The molecular formula is C20H20N4O. The minimum Gasteiger partial charge on any atom is -0.495 e. The van der Waals surface area contributed by atoms with Crippen molar-refractivity contribution in [3.63, 3.8) is 0 Å². The largest absolute Gasteiger partial charge is 0.495 e. The number of nitriles is 1. The molecule has 1 N–H and O–H groups in total. The van der Waals surface area contributed by atoms with Gasteiger partial charge in [0.25, 0.3) is 0 Å². The zero-order chi connectivity index (χ0) is 17.8.